The minimum atomic E-state index is -0.903. The van der Waals surface area contributed by atoms with Gasteiger partial charge >= 0.3 is 5.97 Å². The maximum absolute atomic E-state index is 10.1. The SMILES string of the molecule is CC(C)CCCCCCN/C=C/C(=O)O. The normalized spacial score (nSPS) is 11.1. The molecule has 0 amide bonds. The van der Waals surface area contributed by atoms with Gasteiger partial charge in [0.1, 0.15) is 0 Å². The zero-order valence-corrected chi connectivity index (χ0v) is 9.83. The largest absolute Gasteiger partial charge is 0.478 e. The number of unbranched alkanes of at least 4 members (excludes halogenated alkanes) is 3. The van der Waals surface area contributed by atoms with Gasteiger partial charge in [0.05, 0.1) is 0 Å². The summed E-state index contributed by atoms with van der Waals surface area (Å²) >= 11 is 0. The fourth-order valence-electron chi connectivity index (χ4n) is 1.35. The zero-order chi connectivity index (χ0) is 11.5. The minimum absolute atomic E-state index is 0.807. The summed E-state index contributed by atoms with van der Waals surface area (Å²) in [5, 5.41) is 11.3. The van der Waals surface area contributed by atoms with Crippen LogP contribution in [0.3, 0.4) is 0 Å². The molecule has 0 aliphatic carbocycles. The summed E-state index contributed by atoms with van der Waals surface area (Å²) < 4.78 is 0. The highest BCUT2D eigenvalue weighted by Gasteiger charge is 1.93. The van der Waals surface area contributed by atoms with Crippen LogP contribution in [0.2, 0.25) is 0 Å². The Kier molecular flexibility index (Phi) is 8.93. The van der Waals surface area contributed by atoms with Gasteiger partial charge in [-0.2, -0.15) is 0 Å². The predicted octanol–water partition coefficient (Wildman–Crippen LogP) is 2.78. The summed E-state index contributed by atoms with van der Waals surface area (Å²) in [7, 11) is 0. The van der Waals surface area contributed by atoms with E-state index in [-0.39, 0.29) is 0 Å². The molecule has 0 aromatic heterocycles. The van der Waals surface area contributed by atoms with E-state index in [2.05, 4.69) is 19.2 Å². The molecule has 0 saturated heterocycles. The van der Waals surface area contributed by atoms with Crippen LogP contribution in [-0.2, 0) is 4.79 Å². The number of hydrogen-bond donors (Lipinski definition) is 2. The first kappa shape index (κ1) is 14.0. The molecule has 0 unspecified atom stereocenters. The first-order valence-electron chi connectivity index (χ1n) is 5.75. The standard InChI is InChI=1S/C12H23NO2/c1-11(2)7-5-3-4-6-9-13-10-8-12(14)15/h8,10-11,13H,3-7,9H2,1-2H3,(H,14,15)/b10-8+. The molecule has 0 aliphatic heterocycles. The average Bonchev–Trinajstić information content (AvgIpc) is 2.14. The Labute approximate surface area is 92.6 Å². The summed E-state index contributed by atoms with van der Waals surface area (Å²) in [6, 6.07) is 0. The van der Waals surface area contributed by atoms with E-state index in [4.69, 9.17) is 5.11 Å². The van der Waals surface area contributed by atoms with E-state index in [1.165, 1.54) is 31.9 Å². The minimum Gasteiger partial charge on any atom is -0.478 e. The number of nitrogens with one attached hydrogen (secondary N) is 1. The van der Waals surface area contributed by atoms with E-state index >= 15 is 0 Å². The third kappa shape index (κ3) is 13.0. The Morgan fingerprint density at radius 1 is 1.27 bits per heavy atom. The van der Waals surface area contributed by atoms with Crippen LogP contribution in [0.15, 0.2) is 12.3 Å². The second-order valence-corrected chi connectivity index (χ2v) is 4.22. The van der Waals surface area contributed by atoms with E-state index < -0.39 is 5.97 Å². The highest BCUT2D eigenvalue weighted by molar-refractivity contribution is 5.79. The number of carboxylic acid groups (broad SMARTS) is 1. The highest BCUT2D eigenvalue weighted by atomic mass is 16.4. The van der Waals surface area contributed by atoms with Crippen LogP contribution in [0, 0.1) is 5.92 Å². The second kappa shape index (κ2) is 9.56. The third-order valence-corrected chi connectivity index (χ3v) is 2.20. The molecule has 15 heavy (non-hydrogen) atoms. The van der Waals surface area contributed by atoms with Crippen LogP contribution in [0.5, 0.6) is 0 Å². The molecule has 0 fully saturated rings. The number of carbonyl (C=O) groups is 1. The third-order valence-electron chi connectivity index (χ3n) is 2.20. The Hall–Kier alpha value is -0.990. The van der Waals surface area contributed by atoms with Gasteiger partial charge < -0.3 is 10.4 Å². The van der Waals surface area contributed by atoms with Crippen molar-refractivity contribution in [3.63, 3.8) is 0 Å². The van der Waals surface area contributed by atoms with Crippen molar-refractivity contribution in [2.45, 2.75) is 46.0 Å². The molecule has 0 aliphatic rings. The van der Waals surface area contributed by atoms with E-state index in [1.54, 1.807) is 0 Å². The quantitative estimate of drug-likeness (QED) is 0.457. The monoisotopic (exact) mass is 213 g/mol. The lowest BCUT2D eigenvalue weighted by atomic mass is 10.0. The van der Waals surface area contributed by atoms with Crippen molar-refractivity contribution in [2.24, 2.45) is 5.92 Å². The van der Waals surface area contributed by atoms with Gasteiger partial charge in [-0.25, -0.2) is 4.79 Å². The van der Waals surface area contributed by atoms with Gasteiger partial charge in [0.15, 0.2) is 0 Å². The molecule has 0 atom stereocenters. The van der Waals surface area contributed by atoms with Crippen molar-refractivity contribution in [3.05, 3.63) is 12.3 Å². The van der Waals surface area contributed by atoms with Crippen molar-refractivity contribution in [1.29, 1.82) is 0 Å². The Morgan fingerprint density at radius 3 is 2.53 bits per heavy atom. The molecular weight excluding hydrogens is 190 g/mol. The Morgan fingerprint density at radius 2 is 1.93 bits per heavy atom. The molecule has 0 spiro atoms. The summed E-state index contributed by atoms with van der Waals surface area (Å²) in [5.74, 6) is -0.0962. The molecule has 3 heteroatoms. The molecule has 0 heterocycles. The molecule has 0 aromatic rings. The second-order valence-electron chi connectivity index (χ2n) is 4.22. The molecule has 88 valence electrons. The molecule has 0 saturated carbocycles. The van der Waals surface area contributed by atoms with E-state index in [0.29, 0.717) is 0 Å². The Bertz CT molecular complexity index is 188. The smallest absolute Gasteiger partial charge is 0.329 e. The van der Waals surface area contributed by atoms with E-state index in [0.717, 1.165) is 25.0 Å². The molecule has 0 bridgehead atoms. The van der Waals surface area contributed by atoms with Gasteiger partial charge in [-0.15, -0.1) is 0 Å². The van der Waals surface area contributed by atoms with Gasteiger partial charge in [0.25, 0.3) is 0 Å². The van der Waals surface area contributed by atoms with Crippen molar-refractivity contribution in [2.75, 3.05) is 6.54 Å². The van der Waals surface area contributed by atoms with Crippen molar-refractivity contribution in [3.8, 4) is 0 Å². The van der Waals surface area contributed by atoms with Gasteiger partial charge in [0, 0.05) is 18.8 Å². The van der Waals surface area contributed by atoms with Gasteiger partial charge in [-0.3, -0.25) is 0 Å². The number of rotatable bonds is 9. The van der Waals surface area contributed by atoms with Gasteiger partial charge in [0.2, 0.25) is 0 Å². The van der Waals surface area contributed by atoms with Crippen LogP contribution >= 0.6 is 0 Å². The first-order valence-corrected chi connectivity index (χ1v) is 5.75. The summed E-state index contributed by atoms with van der Waals surface area (Å²) in [5.41, 5.74) is 0. The molecule has 0 aromatic carbocycles. The summed E-state index contributed by atoms with van der Waals surface area (Å²) in [4.78, 5) is 10.1. The van der Waals surface area contributed by atoms with E-state index in [1.807, 2.05) is 0 Å². The fourth-order valence-corrected chi connectivity index (χ4v) is 1.35. The van der Waals surface area contributed by atoms with Crippen LogP contribution in [-0.4, -0.2) is 17.6 Å². The maximum atomic E-state index is 10.1. The zero-order valence-electron chi connectivity index (χ0n) is 9.83. The average molecular weight is 213 g/mol. The molecule has 0 rings (SSSR count). The lowest BCUT2D eigenvalue weighted by Gasteiger charge is -2.04. The van der Waals surface area contributed by atoms with Crippen LogP contribution in [0.25, 0.3) is 0 Å². The number of hydrogen-bond acceptors (Lipinski definition) is 2. The fraction of sp³-hybridized carbons (Fsp3) is 0.750. The molecule has 2 N–H and O–H groups in total. The van der Waals surface area contributed by atoms with Crippen molar-refractivity contribution < 1.29 is 9.90 Å². The first-order chi connectivity index (χ1) is 7.13. The highest BCUT2D eigenvalue weighted by Crippen LogP contribution is 2.08. The topological polar surface area (TPSA) is 49.3 Å². The van der Waals surface area contributed by atoms with Crippen molar-refractivity contribution >= 4 is 5.97 Å². The lowest BCUT2D eigenvalue weighted by molar-refractivity contribution is -0.131. The summed E-state index contributed by atoms with van der Waals surface area (Å²) in [6.07, 6.45) is 8.86. The lowest BCUT2D eigenvalue weighted by Crippen LogP contribution is -2.07. The molecular formula is C12H23NO2. The van der Waals surface area contributed by atoms with Crippen LogP contribution in [0.4, 0.5) is 0 Å². The molecule has 3 nitrogen and oxygen atoms in total. The number of aliphatic carboxylic acids is 1. The van der Waals surface area contributed by atoms with Gasteiger partial charge in [-0.05, 0) is 12.3 Å². The van der Waals surface area contributed by atoms with Crippen LogP contribution < -0.4 is 5.32 Å². The summed E-state index contributed by atoms with van der Waals surface area (Å²) in [6.45, 7) is 5.36. The van der Waals surface area contributed by atoms with Crippen molar-refractivity contribution in [1.82, 2.24) is 5.32 Å². The Balaban J connectivity index is 3.08. The van der Waals surface area contributed by atoms with Gasteiger partial charge in [-0.1, -0.05) is 39.5 Å². The predicted molar refractivity (Wildman–Crippen MR) is 62.7 cm³/mol. The molecule has 0 radical (unpaired) electrons. The van der Waals surface area contributed by atoms with E-state index in [9.17, 15) is 4.79 Å². The number of carboxylic acids is 1. The van der Waals surface area contributed by atoms with Crippen LogP contribution in [0.1, 0.15) is 46.0 Å². The maximum Gasteiger partial charge on any atom is 0.329 e.